The lowest BCUT2D eigenvalue weighted by atomic mass is 9.64. The summed E-state index contributed by atoms with van der Waals surface area (Å²) in [6.45, 7) is 7.79. The molecule has 0 spiro atoms. The number of benzene rings is 2. The number of aromatic amines is 2. The number of piperidine rings is 2. The van der Waals surface area contributed by atoms with Crippen molar-refractivity contribution in [3.63, 3.8) is 0 Å². The summed E-state index contributed by atoms with van der Waals surface area (Å²) in [6, 6.07) is 11.9. The minimum Gasteiger partial charge on any atom is -0.453 e. The SMILES string of the molecule is COC(=O)N[C@H](C(=O)N1C2CC[C@@H](C2)[C@H]1c1ncc(-c2ccc(-c3ccc(-c4cnc([C@@H]5[C@H]6CC[C@H](C6)N5C(=O)[C@@H](NC(=O)OC)C(C)C)[nH]4)cc3)c3c2C2CCC3CC2)[nH]1)C(C)C. The van der Waals surface area contributed by atoms with Crippen molar-refractivity contribution in [3.8, 4) is 33.6 Å². The summed E-state index contributed by atoms with van der Waals surface area (Å²) < 4.78 is 9.75. The van der Waals surface area contributed by atoms with E-state index in [0.717, 1.165) is 67.1 Å². The predicted octanol–water partition coefficient (Wildman–Crippen LogP) is 8.75. The number of aromatic nitrogens is 4. The monoisotopic (exact) mass is 870 g/mol. The molecule has 64 heavy (non-hydrogen) atoms. The minimum absolute atomic E-state index is 0.0704. The van der Waals surface area contributed by atoms with Crippen molar-refractivity contribution in [2.24, 2.45) is 23.7 Å². The summed E-state index contributed by atoms with van der Waals surface area (Å²) in [4.78, 5) is 74.0. The number of carbonyl (C=O) groups is 4. The van der Waals surface area contributed by atoms with Crippen LogP contribution in [0.25, 0.3) is 33.6 Å². The Morgan fingerprint density at radius 3 is 1.52 bits per heavy atom. The number of alkyl carbamates (subject to hydrolysis) is 2. The van der Waals surface area contributed by atoms with Gasteiger partial charge in [0.15, 0.2) is 0 Å². The van der Waals surface area contributed by atoms with Crippen molar-refractivity contribution in [2.75, 3.05) is 14.2 Å². The molecule has 6 bridgehead atoms. The van der Waals surface area contributed by atoms with Gasteiger partial charge in [-0.25, -0.2) is 19.6 Å². The zero-order valence-corrected chi connectivity index (χ0v) is 37.9. The van der Waals surface area contributed by atoms with Crippen molar-refractivity contribution < 1.29 is 28.7 Å². The van der Waals surface area contributed by atoms with Gasteiger partial charge in [-0.1, -0.05) is 64.1 Å². The van der Waals surface area contributed by atoms with Gasteiger partial charge < -0.3 is 39.9 Å². The Kier molecular flexibility index (Phi) is 11.0. The Morgan fingerprint density at radius 1 is 0.594 bits per heavy atom. The standard InChI is InChI=1S/C50H62N8O6/c1-25(2)41(55-49(61)63-5)47(59)57-33-17-15-31(21-33)43(57)45-51-23-37(53-45)28-9-7-27(8-10-28)35-19-20-36(40-30-13-11-29(12-14-30)39(35)40)38-24-52-46(54-38)44-32-16-18-34(22-32)58(44)48(60)42(26(3)4)56-50(62)64-6/h7-10,19-20,23-26,29-34,41-44H,11-18,21-22H2,1-6H3,(H,51,53)(H,52,54)(H,55,61)(H,56,62)/t29?,30?,31-,32-,33+,34?,41-,42-,43-,44-/m0/s1. The van der Waals surface area contributed by atoms with E-state index >= 15 is 0 Å². The molecule has 7 aliphatic rings. The summed E-state index contributed by atoms with van der Waals surface area (Å²) in [5, 5.41) is 5.59. The highest BCUT2D eigenvalue weighted by Gasteiger charge is 2.53. The molecule has 5 fully saturated rings. The Bertz CT molecular complexity index is 2430. The molecule has 338 valence electrons. The molecule has 11 rings (SSSR count). The van der Waals surface area contributed by atoms with E-state index in [2.05, 4.69) is 57.0 Å². The van der Waals surface area contributed by atoms with Crippen LogP contribution in [0.5, 0.6) is 0 Å². The van der Waals surface area contributed by atoms with Gasteiger partial charge >= 0.3 is 12.2 Å². The largest absolute Gasteiger partial charge is 0.453 e. The summed E-state index contributed by atoms with van der Waals surface area (Å²) >= 11 is 0. The molecular formula is C50H62N8O6. The number of hydrogen-bond acceptors (Lipinski definition) is 8. The fraction of sp³-hybridized carbons (Fsp3) is 0.560. The van der Waals surface area contributed by atoms with Crippen molar-refractivity contribution in [3.05, 3.63) is 71.6 Å². The molecule has 3 saturated carbocycles. The molecule has 1 unspecified atom stereocenters. The molecule has 0 radical (unpaired) electrons. The van der Waals surface area contributed by atoms with E-state index in [0.29, 0.717) is 23.7 Å². The second-order valence-electron chi connectivity index (χ2n) is 20.0. The molecule has 2 saturated heterocycles. The van der Waals surface area contributed by atoms with Crippen LogP contribution < -0.4 is 10.6 Å². The first-order valence-corrected chi connectivity index (χ1v) is 23.6. The first kappa shape index (κ1) is 42.3. The maximum absolute atomic E-state index is 14.2. The maximum Gasteiger partial charge on any atom is 0.407 e. The van der Waals surface area contributed by atoms with E-state index in [1.54, 1.807) is 0 Å². The first-order valence-electron chi connectivity index (χ1n) is 23.6. The lowest BCUT2D eigenvalue weighted by Crippen LogP contribution is -2.54. The zero-order chi connectivity index (χ0) is 44.6. The second kappa shape index (κ2) is 16.7. The predicted molar refractivity (Wildman–Crippen MR) is 241 cm³/mol. The molecule has 2 aromatic heterocycles. The van der Waals surface area contributed by atoms with Gasteiger partial charge in [0.1, 0.15) is 23.7 Å². The third-order valence-electron chi connectivity index (χ3n) is 15.8. The second-order valence-corrected chi connectivity index (χ2v) is 20.0. The molecule has 4 aromatic rings. The molecule has 14 nitrogen and oxygen atoms in total. The van der Waals surface area contributed by atoms with Gasteiger partial charge in [-0.2, -0.15) is 0 Å². The third-order valence-corrected chi connectivity index (χ3v) is 15.8. The topological polar surface area (TPSA) is 175 Å². The number of imidazole rings is 2. The van der Waals surface area contributed by atoms with Gasteiger partial charge in [0.05, 0.1) is 50.1 Å². The maximum atomic E-state index is 14.2. The van der Waals surface area contributed by atoms with E-state index in [1.165, 1.54) is 67.7 Å². The number of rotatable bonds is 11. The van der Waals surface area contributed by atoms with Crippen LogP contribution in [0.2, 0.25) is 0 Å². The van der Waals surface area contributed by atoms with Crippen LogP contribution in [-0.4, -0.2) is 92.1 Å². The normalized spacial score (nSPS) is 27.2. The Balaban J connectivity index is 0.914. The van der Waals surface area contributed by atoms with Crippen LogP contribution in [0.4, 0.5) is 9.59 Å². The summed E-state index contributed by atoms with van der Waals surface area (Å²) in [5.41, 5.74) is 9.50. The average Bonchev–Trinajstić information content (AvgIpc) is 4.19. The Hall–Kier alpha value is -5.66. The number of H-pyrrole nitrogens is 2. The Labute approximate surface area is 375 Å². The van der Waals surface area contributed by atoms with Crippen molar-refractivity contribution in [1.82, 2.24) is 40.4 Å². The molecular weight excluding hydrogens is 809 g/mol. The number of likely N-dealkylation sites (tertiary alicyclic amines) is 2. The molecule has 2 aromatic carbocycles. The van der Waals surface area contributed by atoms with Crippen LogP contribution in [0.15, 0.2) is 48.8 Å². The van der Waals surface area contributed by atoms with E-state index in [1.807, 2.05) is 49.9 Å². The molecule has 5 aliphatic carbocycles. The number of methoxy groups -OCH3 is 2. The van der Waals surface area contributed by atoms with Crippen molar-refractivity contribution >= 4 is 24.0 Å². The van der Waals surface area contributed by atoms with E-state index < -0.39 is 24.3 Å². The molecule has 2 aliphatic heterocycles. The number of fused-ring (bicyclic) bond motifs is 6. The first-order chi connectivity index (χ1) is 30.9. The quantitative estimate of drug-likeness (QED) is 0.116. The molecule has 4 amide bonds. The van der Waals surface area contributed by atoms with Gasteiger partial charge in [-0.05, 0) is 128 Å². The van der Waals surface area contributed by atoms with Crippen LogP contribution in [0.3, 0.4) is 0 Å². The van der Waals surface area contributed by atoms with Gasteiger partial charge in [-0.15, -0.1) is 0 Å². The van der Waals surface area contributed by atoms with Gasteiger partial charge in [0.2, 0.25) is 11.8 Å². The fourth-order valence-corrected chi connectivity index (χ4v) is 12.8. The number of amides is 4. The van der Waals surface area contributed by atoms with E-state index in [4.69, 9.17) is 19.4 Å². The molecule has 4 N–H and O–H groups in total. The summed E-state index contributed by atoms with van der Waals surface area (Å²) in [6.07, 6.45) is 13.3. The van der Waals surface area contributed by atoms with Gasteiger partial charge in [-0.3, -0.25) is 9.59 Å². The fourth-order valence-electron chi connectivity index (χ4n) is 12.8. The van der Waals surface area contributed by atoms with E-state index in [9.17, 15) is 19.2 Å². The zero-order valence-electron chi connectivity index (χ0n) is 37.9. The highest BCUT2D eigenvalue weighted by Crippen LogP contribution is 2.56. The highest BCUT2D eigenvalue weighted by molar-refractivity contribution is 5.88. The molecule has 4 heterocycles. The van der Waals surface area contributed by atoms with Crippen molar-refractivity contribution in [2.45, 2.75) is 140 Å². The third kappa shape index (κ3) is 7.15. The number of ether oxygens (including phenoxy) is 2. The van der Waals surface area contributed by atoms with E-state index in [-0.39, 0.29) is 47.8 Å². The highest BCUT2D eigenvalue weighted by atomic mass is 16.5. The van der Waals surface area contributed by atoms with Gasteiger partial charge in [0.25, 0.3) is 0 Å². The van der Waals surface area contributed by atoms with Crippen molar-refractivity contribution in [1.29, 1.82) is 0 Å². The molecule has 8 atom stereocenters. The minimum atomic E-state index is -0.680. The Morgan fingerprint density at radius 2 is 1.03 bits per heavy atom. The number of hydrogen-bond donors (Lipinski definition) is 4. The number of nitrogens with one attached hydrogen (secondary N) is 4. The van der Waals surface area contributed by atoms with Crippen LogP contribution in [-0.2, 0) is 19.1 Å². The smallest absolute Gasteiger partial charge is 0.407 e. The lowest BCUT2D eigenvalue weighted by Gasteiger charge is -2.41. The average molecular weight is 871 g/mol. The summed E-state index contributed by atoms with van der Waals surface area (Å²) in [5.74, 6) is 2.86. The number of carbonyl (C=O) groups excluding carboxylic acids is 4. The lowest BCUT2D eigenvalue weighted by molar-refractivity contribution is -0.140. The summed E-state index contributed by atoms with van der Waals surface area (Å²) in [7, 11) is 2.64. The number of nitrogens with zero attached hydrogens (tertiary/aromatic N) is 4. The van der Waals surface area contributed by atoms with Crippen LogP contribution in [0.1, 0.15) is 139 Å². The van der Waals surface area contributed by atoms with Gasteiger partial charge in [0, 0.05) is 17.6 Å². The van der Waals surface area contributed by atoms with Crippen LogP contribution in [0, 0.1) is 23.7 Å². The van der Waals surface area contributed by atoms with Crippen LogP contribution >= 0.6 is 0 Å². The molecule has 14 heteroatoms.